The lowest BCUT2D eigenvalue weighted by molar-refractivity contribution is -0.117. The van der Waals surface area contributed by atoms with Crippen LogP contribution >= 0.6 is 0 Å². The lowest BCUT2D eigenvalue weighted by Gasteiger charge is -2.10. The van der Waals surface area contributed by atoms with Gasteiger partial charge in [0.2, 0.25) is 5.91 Å². The Hall–Kier alpha value is -3.66. The number of carbonyl (C=O) groups excluding carboxylic acids is 2. The minimum Gasteiger partial charge on any atom is -0.382 e. The number of benzene rings is 2. The summed E-state index contributed by atoms with van der Waals surface area (Å²) in [6.07, 6.45) is 1.46. The number of hydrogen-bond acceptors (Lipinski definition) is 6. The van der Waals surface area contributed by atoms with E-state index >= 15 is 0 Å². The summed E-state index contributed by atoms with van der Waals surface area (Å²) >= 11 is 0. The van der Waals surface area contributed by atoms with E-state index in [4.69, 9.17) is 5.73 Å². The monoisotopic (exact) mass is 427 g/mol. The summed E-state index contributed by atoms with van der Waals surface area (Å²) < 4.78 is 28.2. The molecule has 0 saturated carbocycles. The highest BCUT2D eigenvalue weighted by molar-refractivity contribution is 7.83. The maximum absolute atomic E-state index is 14.3. The van der Waals surface area contributed by atoms with Crippen molar-refractivity contribution in [3.8, 4) is 11.3 Å². The molecule has 0 spiro atoms. The Balaban J connectivity index is 1.83. The van der Waals surface area contributed by atoms with Crippen LogP contribution < -0.4 is 15.8 Å². The van der Waals surface area contributed by atoms with Gasteiger partial charge in [-0.25, -0.2) is 18.6 Å². The van der Waals surface area contributed by atoms with Crippen LogP contribution in [0.5, 0.6) is 0 Å². The van der Waals surface area contributed by atoms with Gasteiger partial charge >= 0.3 is 0 Å². The molecule has 0 fully saturated rings. The molecule has 10 heteroatoms. The summed E-state index contributed by atoms with van der Waals surface area (Å²) in [5, 5.41) is 2.49. The number of amides is 2. The molecule has 0 aliphatic carbocycles. The first-order chi connectivity index (χ1) is 14.2. The second-order valence-electron chi connectivity index (χ2n) is 6.38. The summed E-state index contributed by atoms with van der Waals surface area (Å²) in [4.78, 5) is 31.7. The van der Waals surface area contributed by atoms with Gasteiger partial charge in [0, 0.05) is 18.2 Å². The molecule has 8 nitrogen and oxygen atoms in total. The zero-order chi connectivity index (χ0) is 21.8. The first-order valence-corrected chi connectivity index (χ1v) is 9.89. The molecule has 1 heterocycles. The Labute approximate surface area is 174 Å². The van der Waals surface area contributed by atoms with Crippen LogP contribution in [-0.2, 0) is 15.8 Å². The molecule has 1 aromatic heterocycles. The molecule has 3 aromatic rings. The SMILES string of the molecule is CC(=O)NS(=O)c1ccc(NC(=O)c2nc(-c3ccc(C)cc3)cnc2N)cc1F. The largest absolute Gasteiger partial charge is 0.382 e. The third-order valence-electron chi connectivity index (χ3n) is 3.99. The lowest BCUT2D eigenvalue weighted by Crippen LogP contribution is -2.23. The van der Waals surface area contributed by atoms with Gasteiger partial charge in [0.1, 0.15) is 5.82 Å². The van der Waals surface area contributed by atoms with Crippen LogP contribution in [0.1, 0.15) is 23.0 Å². The van der Waals surface area contributed by atoms with E-state index < -0.39 is 28.6 Å². The smallest absolute Gasteiger partial charge is 0.278 e. The van der Waals surface area contributed by atoms with Crippen LogP contribution in [-0.4, -0.2) is 26.0 Å². The minimum atomic E-state index is -2.04. The average molecular weight is 427 g/mol. The second kappa shape index (κ2) is 8.78. The molecule has 4 N–H and O–H groups in total. The van der Waals surface area contributed by atoms with Crippen LogP contribution in [0, 0.1) is 12.7 Å². The maximum atomic E-state index is 14.3. The number of nitrogens with zero attached hydrogens (tertiary/aromatic N) is 2. The third kappa shape index (κ3) is 4.84. The predicted octanol–water partition coefficient (Wildman–Crippen LogP) is 2.58. The van der Waals surface area contributed by atoms with Crippen LogP contribution in [0.2, 0.25) is 0 Å². The molecule has 154 valence electrons. The number of rotatable bonds is 5. The average Bonchev–Trinajstić information content (AvgIpc) is 2.68. The summed E-state index contributed by atoms with van der Waals surface area (Å²) in [7, 11) is -2.04. The zero-order valence-electron chi connectivity index (χ0n) is 16.1. The first kappa shape index (κ1) is 21.1. The fourth-order valence-electron chi connectivity index (χ4n) is 2.53. The third-order valence-corrected chi connectivity index (χ3v) is 5.19. The van der Waals surface area contributed by atoms with Crippen molar-refractivity contribution < 1.29 is 18.2 Å². The number of halogens is 1. The van der Waals surface area contributed by atoms with Gasteiger partial charge in [-0.15, -0.1) is 0 Å². The number of nitrogen functional groups attached to an aromatic ring is 1. The van der Waals surface area contributed by atoms with Crippen molar-refractivity contribution in [3.05, 3.63) is 65.7 Å². The summed E-state index contributed by atoms with van der Waals surface area (Å²) in [6.45, 7) is 3.12. The highest BCUT2D eigenvalue weighted by Gasteiger charge is 2.17. The van der Waals surface area contributed by atoms with Crippen molar-refractivity contribution in [1.29, 1.82) is 0 Å². The van der Waals surface area contributed by atoms with Gasteiger partial charge in [-0.3, -0.25) is 14.3 Å². The van der Waals surface area contributed by atoms with E-state index in [9.17, 15) is 18.2 Å². The molecule has 0 saturated heterocycles. The number of nitrogens with one attached hydrogen (secondary N) is 2. The van der Waals surface area contributed by atoms with Crippen molar-refractivity contribution in [2.75, 3.05) is 11.1 Å². The molecule has 0 aliphatic heterocycles. The highest BCUT2D eigenvalue weighted by atomic mass is 32.2. The predicted molar refractivity (Wildman–Crippen MR) is 111 cm³/mol. The summed E-state index contributed by atoms with van der Waals surface area (Å²) in [5.41, 5.74) is 8.08. The second-order valence-corrected chi connectivity index (χ2v) is 7.56. The van der Waals surface area contributed by atoms with Gasteiger partial charge in [0.05, 0.1) is 16.8 Å². The molecule has 1 atom stereocenters. The fraction of sp³-hybridized carbons (Fsp3) is 0.100. The molecule has 2 aromatic carbocycles. The number of hydrogen-bond donors (Lipinski definition) is 3. The van der Waals surface area contributed by atoms with E-state index in [0.29, 0.717) is 5.69 Å². The number of anilines is 2. The van der Waals surface area contributed by atoms with Crippen molar-refractivity contribution in [1.82, 2.24) is 14.7 Å². The number of aromatic nitrogens is 2. The van der Waals surface area contributed by atoms with E-state index in [2.05, 4.69) is 20.0 Å². The van der Waals surface area contributed by atoms with Crippen LogP contribution in [0.25, 0.3) is 11.3 Å². The van der Waals surface area contributed by atoms with Crippen molar-refractivity contribution in [2.24, 2.45) is 0 Å². The molecule has 1 unspecified atom stereocenters. The van der Waals surface area contributed by atoms with Gasteiger partial charge in [-0.2, -0.15) is 0 Å². The quantitative estimate of drug-likeness (QED) is 0.574. The van der Waals surface area contributed by atoms with E-state index in [0.717, 1.165) is 17.2 Å². The molecular formula is C20H18FN5O3S. The molecule has 2 amide bonds. The maximum Gasteiger partial charge on any atom is 0.278 e. The topological polar surface area (TPSA) is 127 Å². The number of nitrogens with two attached hydrogens (primary N) is 1. The molecule has 0 radical (unpaired) electrons. The zero-order valence-corrected chi connectivity index (χ0v) is 16.9. The van der Waals surface area contributed by atoms with Crippen LogP contribution in [0.4, 0.5) is 15.9 Å². The Morgan fingerprint density at radius 1 is 1.13 bits per heavy atom. The van der Waals surface area contributed by atoms with Crippen molar-refractivity contribution in [3.63, 3.8) is 0 Å². The van der Waals surface area contributed by atoms with Gasteiger partial charge in [-0.1, -0.05) is 29.8 Å². The molecule has 0 aliphatic rings. The van der Waals surface area contributed by atoms with Gasteiger partial charge < -0.3 is 11.1 Å². The van der Waals surface area contributed by atoms with Crippen molar-refractivity contribution >= 4 is 34.3 Å². The Bertz CT molecular complexity index is 1150. The molecule has 0 bridgehead atoms. The summed E-state index contributed by atoms with van der Waals surface area (Å²) in [5.74, 6) is -2.17. The van der Waals surface area contributed by atoms with Gasteiger partial charge in [0.25, 0.3) is 5.91 Å². The molecule has 3 rings (SSSR count). The highest BCUT2D eigenvalue weighted by Crippen LogP contribution is 2.21. The van der Waals surface area contributed by atoms with E-state index in [1.807, 2.05) is 31.2 Å². The van der Waals surface area contributed by atoms with E-state index in [1.165, 1.54) is 25.3 Å². The first-order valence-electron chi connectivity index (χ1n) is 8.74. The number of aryl methyl sites for hydroxylation is 1. The van der Waals surface area contributed by atoms with Crippen LogP contribution in [0.15, 0.2) is 53.6 Å². The fourth-order valence-corrected chi connectivity index (χ4v) is 3.33. The Kier molecular flexibility index (Phi) is 6.17. The normalized spacial score (nSPS) is 11.6. The Morgan fingerprint density at radius 3 is 2.47 bits per heavy atom. The molecule has 30 heavy (non-hydrogen) atoms. The standard InChI is InChI=1S/C20H18FN5O3S/c1-11-3-5-13(6-4-11)16-10-23-19(22)18(25-16)20(28)24-14-7-8-17(15(21)9-14)30(29)26-12(2)27/h3-10H,1-2H3,(H2,22,23)(H,24,28)(H,26,27). The number of carbonyl (C=O) groups is 2. The summed E-state index contributed by atoms with van der Waals surface area (Å²) in [6, 6.07) is 11.0. The van der Waals surface area contributed by atoms with Gasteiger partial charge in [-0.05, 0) is 25.1 Å². The Morgan fingerprint density at radius 2 is 1.83 bits per heavy atom. The van der Waals surface area contributed by atoms with Crippen molar-refractivity contribution in [2.45, 2.75) is 18.7 Å². The van der Waals surface area contributed by atoms with Crippen LogP contribution in [0.3, 0.4) is 0 Å². The van der Waals surface area contributed by atoms with E-state index in [1.54, 1.807) is 0 Å². The molecular weight excluding hydrogens is 409 g/mol. The van der Waals surface area contributed by atoms with Gasteiger partial charge in [0.15, 0.2) is 22.5 Å². The lowest BCUT2D eigenvalue weighted by atomic mass is 10.1. The minimum absolute atomic E-state index is 0.0767. The van der Waals surface area contributed by atoms with E-state index in [-0.39, 0.29) is 22.1 Å².